The number of halogens is 1. The minimum absolute atomic E-state index is 0.0399. The number of rotatable bonds is 0. The van der Waals surface area contributed by atoms with Crippen LogP contribution < -0.4 is 5.32 Å². The van der Waals surface area contributed by atoms with E-state index >= 15 is 0 Å². The maximum absolute atomic E-state index is 11.5. The van der Waals surface area contributed by atoms with E-state index in [-0.39, 0.29) is 6.03 Å². The standard InChI is InChI=1S/C10H7BrN2O/c11-9-6-3-1-2-4-7(6)13-8(9)5-12-10(13)14/h1-4H,5H2,(H,12,14). The van der Waals surface area contributed by atoms with Crippen LogP contribution in [0.5, 0.6) is 0 Å². The molecule has 14 heavy (non-hydrogen) atoms. The van der Waals surface area contributed by atoms with E-state index in [9.17, 15) is 4.79 Å². The molecular formula is C10H7BrN2O. The number of hydrogen-bond donors (Lipinski definition) is 1. The molecule has 0 saturated heterocycles. The number of para-hydroxylation sites is 1. The molecule has 4 heteroatoms. The number of carbonyl (C=O) groups is 1. The van der Waals surface area contributed by atoms with Crippen LogP contribution in [0.2, 0.25) is 0 Å². The highest BCUT2D eigenvalue weighted by Gasteiger charge is 2.24. The van der Waals surface area contributed by atoms with Crippen molar-refractivity contribution >= 4 is 32.9 Å². The number of nitrogens with one attached hydrogen (secondary N) is 1. The Balaban J connectivity index is 2.52. The number of fused-ring (bicyclic) bond motifs is 3. The second kappa shape index (κ2) is 2.60. The fourth-order valence-corrected chi connectivity index (χ4v) is 2.53. The molecule has 1 aliphatic rings. The first kappa shape index (κ1) is 8.05. The van der Waals surface area contributed by atoms with Gasteiger partial charge in [-0.15, -0.1) is 0 Å². The van der Waals surface area contributed by atoms with Crippen molar-refractivity contribution in [1.82, 2.24) is 9.88 Å². The summed E-state index contributed by atoms with van der Waals surface area (Å²) < 4.78 is 2.74. The Kier molecular flexibility index (Phi) is 1.50. The molecule has 3 nitrogen and oxygen atoms in total. The molecule has 0 atom stereocenters. The third-order valence-corrected chi connectivity index (χ3v) is 3.40. The van der Waals surface area contributed by atoms with E-state index in [1.54, 1.807) is 4.57 Å². The van der Waals surface area contributed by atoms with E-state index in [1.165, 1.54) is 0 Å². The van der Waals surface area contributed by atoms with Crippen LogP contribution in [-0.4, -0.2) is 10.6 Å². The highest BCUT2D eigenvalue weighted by Crippen LogP contribution is 2.32. The number of amides is 1. The molecule has 0 saturated carbocycles. The molecule has 2 heterocycles. The molecule has 0 aliphatic carbocycles. The summed E-state index contributed by atoms with van der Waals surface area (Å²) in [6.07, 6.45) is 0. The second-order valence-corrected chi connectivity index (χ2v) is 4.06. The fraction of sp³-hybridized carbons (Fsp3) is 0.100. The third kappa shape index (κ3) is 0.838. The fourth-order valence-electron chi connectivity index (χ4n) is 1.88. The first-order chi connectivity index (χ1) is 6.79. The topological polar surface area (TPSA) is 34.0 Å². The minimum Gasteiger partial charge on any atom is -0.332 e. The van der Waals surface area contributed by atoms with Crippen LogP contribution in [-0.2, 0) is 6.54 Å². The Morgan fingerprint density at radius 1 is 1.36 bits per heavy atom. The molecule has 1 amide bonds. The summed E-state index contributed by atoms with van der Waals surface area (Å²) in [5.41, 5.74) is 1.97. The van der Waals surface area contributed by atoms with E-state index in [0.717, 1.165) is 21.1 Å². The van der Waals surface area contributed by atoms with E-state index in [0.29, 0.717) is 6.54 Å². The van der Waals surface area contributed by atoms with Gasteiger partial charge in [-0.05, 0) is 22.0 Å². The van der Waals surface area contributed by atoms with Gasteiger partial charge in [-0.2, -0.15) is 0 Å². The number of aromatic nitrogens is 1. The molecule has 1 aromatic carbocycles. The average molecular weight is 251 g/mol. The summed E-state index contributed by atoms with van der Waals surface area (Å²) in [6, 6.07) is 7.84. The Labute approximate surface area is 88.8 Å². The minimum atomic E-state index is -0.0399. The van der Waals surface area contributed by atoms with Crippen molar-refractivity contribution in [1.29, 1.82) is 0 Å². The SMILES string of the molecule is O=C1NCc2c(Br)c3ccccc3n21. The maximum Gasteiger partial charge on any atom is 0.326 e. The monoisotopic (exact) mass is 250 g/mol. The van der Waals surface area contributed by atoms with E-state index in [2.05, 4.69) is 21.2 Å². The first-order valence-corrected chi connectivity index (χ1v) is 5.14. The summed E-state index contributed by atoms with van der Waals surface area (Å²) in [5, 5.41) is 3.89. The molecule has 0 spiro atoms. The van der Waals surface area contributed by atoms with Crippen molar-refractivity contribution in [2.45, 2.75) is 6.54 Å². The van der Waals surface area contributed by atoms with Crippen LogP contribution in [0, 0.1) is 0 Å². The van der Waals surface area contributed by atoms with Crippen molar-refractivity contribution in [3.8, 4) is 0 Å². The molecular weight excluding hydrogens is 244 g/mol. The molecule has 0 unspecified atom stereocenters. The van der Waals surface area contributed by atoms with Gasteiger partial charge in [0, 0.05) is 9.86 Å². The van der Waals surface area contributed by atoms with Gasteiger partial charge in [0.2, 0.25) is 0 Å². The number of benzene rings is 1. The average Bonchev–Trinajstić information content (AvgIpc) is 2.70. The van der Waals surface area contributed by atoms with E-state index in [1.807, 2.05) is 24.3 Å². The lowest BCUT2D eigenvalue weighted by Gasteiger charge is -1.96. The normalized spacial score (nSPS) is 14.5. The lowest BCUT2D eigenvalue weighted by molar-refractivity contribution is 0.247. The molecule has 0 fully saturated rings. The van der Waals surface area contributed by atoms with Crippen molar-refractivity contribution in [2.24, 2.45) is 0 Å². The number of carbonyl (C=O) groups excluding carboxylic acids is 1. The Morgan fingerprint density at radius 2 is 2.14 bits per heavy atom. The summed E-state index contributed by atoms with van der Waals surface area (Å²) in [4.78, 5) is 11.5. The van der Waals surface area contributed by atoms with Gasteiger partial charge in [0.1, 0.15) is 0 Å². The van der Waals surface area contributed by atoms with E-state index in [4.69, 9.17) is 0 Å². The van der Waals surface area contributed by atoms with Gasteiger partial charge in [0.05, 0.1) is 17.8 Å². The van der Waals surface area contributed by atoms with Crippen molar-refractivity contribution in [2.75, 3.05) is 0 Å². The highest BCUT2D eigenvalue weighted by atomic mass is 79.9. The van der Waals surface area contributed by atoms with Crippen LogP contribution >= 0.6 is 15.9 Å². The molecule has 0 bridgehead atoms. The molecule has 70 valence electrons. The van der Waals surface area contributed by atoms with Crippen molar-refractivity contribution in [3.05, 3.63) is 34.4 Å². The van der Waals surface area contributed by atoms with Gasteiger partial charge >= 0.3 is 6.03 Å². The van der Waals surface area contributed by atoms with Gasteiger partial charge in [-0.25, -0.2) is 4.79 Å². The van der Waals surface area contributed by atoms with Gasteiger partial charge in [-0.1, -0.05) is 18.2 Å². The molecule has 3 rings (SSSR count). The van der Waals surface area contributed by atoms with Crippen LogP contribution in [0.4, 0.5) is 4.79 Å². The Hall–Kier alpha value is -1.29. The lowest BCUT2D eigenvalue weighted by atomic mass is 10.2. The number of nitrogens with zero attached hydrogens (tertiary/aromatic N) is 1. The van der Waals surface area contributed by atoms with Crippen LogP contribution in [0.3, 0.4) is 0 Å². The van der Waals surface area contributed by atoms with Crippen LogP contribution in [0.1, 0.15) is 5.69 Å². The molecule has 1 N–H and O–H groups in total. The maximum atomic E-state index is 11.5. The lowest BCUT2D eigenvalue weighted by Crippen LogP contribution is -2.17. The van der Waals surface area contributed by atoms with E-state index < -0.39 is 0 Å². The van der Waals surface area contributed by atoms with Crippen molar-refractivity contribution in [3.63, 3.8) is 0 Å². The molecule has 1 aromatic heterocycles. The summed E-state index contributed by atoms with van der Waals surface area (Å²) in [7, 11) is 0. The van der Waals surface area contributed by atoms with Crippen molar-refractivity contribution < 1.29 is 4.79 Å². The third-order valence-electron chi connectivity index (χ3n) is 2.51. The molecule has 1 aliphatic heterocycles. The van der Waals surface area contributed by atoms with Gasteiger partial charge < -0.3 is 5.32 Å². The van der Waals surface area contributed by atoms with Gasteiger partial charge in [0.25, 0.3) is 0 Å². The van der Waals surface area contributed by atoms with Crippen LogP contribution in [0.25, 0.3) is 10.9 Å². The zero-order valence-corrected chi connectivity index (χ0v) is 8.84. The summed E-state index contributed by atoms with van der Waals surface area (Å²) in [6.45, 7) is 0.605. The number of hydrogen-bond acceptors (Lipinski definition) is 1. The zero-order chi connectivity index (χ0) is 9.71. The predicted octanol–water partition coefficient (Wildman–Crippen LogP) is 2.48. The quantitative estimate of drug-likeness (QED) is 0.766. The second-order valence-electron chi connectivity index (χ2n) is 3.27. The zero-order valence-electron chi connectivity index (χ0n) is 7.25. The van der Waals surface area contributed by atoms with Crippen LogP contribution in [0.15, 0.2) is 28.7 Å². The smallest absolute Gasteiger partial charge is 0.326 e. The molecule has 2 aromatic rings. The Bertz CT molecular complexity index is 544. The largest absolute Gasteiger partial charge is 0.332 e. The highest BCUT2D eigenvalue weighted by molar-refractivity contribution is 9.10. The molecule has 0 radical (unpaired) electrons. The summed E-state index contributed by atoms with van der Waals surface area (Å²) in [5.74, 6) is 0. The Morgan fingerprint density at radius 3 is 3.00 bits per heavy atom. The predicted molar refractivity (Wildman–Crippen MR) is 57.3 cm³/mol. The summed E-state index contributed by atoms with van der Waals surface area (Å²) >= 11 is 3.52. The first-order valence-electron chi connectivity index (χ1n) is 4.35. The van der Waals surface area contributed by atoms with Gasteiger partial charge in [0.15, 0.2) is 0 Å². The van der Waals surface area contributed by atoms with Gasteiger partial charge in [-0.3, -0.25) is 4.57 Å².